The first kappa shape index (κ1) is 19.3. The van der Waals surface area contributed by atoms with Gasteiger partial charge < -0.3 is 9.55 Å². The van der Waals surface area contributed by atoms with Crippen molar-refractivity contribution in [2.45, 2.75) is 37.7 Å². The Morgan fingerprint density at radius 2 is 1.83 bits per heavy atom. The molecule has 0 aliphatic rings. The molecule has 1 N–H and O–H groups in total. The largest absolute Gasteiger partial charge is 0.309 e. The molecule has 0 fully saturated rings. The summed E-state index contributed by atoms with van der Waals surface area (Å²) in [6.07, 6.45) is 3.51. The number of aromatic nitrogens is 6. The summed E-state index contributed by atoms with van der Waals surface area (Å²) in [5, 5.41) is 10.2. The molecule has 0 saturated carbocycles. The molecule has 1 atom stereocenters. The molecular formula is C21H22N6OS. The Labute approximate surface area is 172 Å². The maximum atomic E-state index is 12.4. The lowest BCUT2D eigenvalue weighted by Crippen LogP contribution is -2.13. The molecule has 1 aromatic carbocycles. The van der Waals surface area contributed by atoms with Crippen LogP contribution in [0.5, 0.6) is 0 Å². The first-order chi connectivity index (χ1) is 14.0. The number of benzene rings is 1. The minimum atomic E-state index is -0.126. The van der Waals surface area contributed by atoms with E-state index in [0.717, 1.165) is 23.1 Å². The van der Waals surface area contributed by atoms with Gasteiger partial charge in [-0.05, 0) is 37.1 Å². The molecule has 0 saturated heterocycles. The standard InChI is InChI=1S/C21H22N6OS/c1-13(2)12-27-19(15-8-10-22-11-9-15)25-26-21(27)29-14(3)18-23-17-7-5-4-6-16(17)20(28)24-18/h4-11,13-14H,12H2,1-3H3,(H,23,24,28)/t14-/m0/s1. The molecule has 3 aromatic heterocycles. The van der Waals surface area contributed by atoms with Crippen molar-refractivity contribution < 1.29 is 0 Å². The van der Waals surface area contributed by atoms with Crippen LogP contribution in [0, 0.1) is 5.92 Å². The summed E-state index contributed by atoms with van der Waals surface area (Å²) in [5.74, 6) is 1.87. The van der Waals surface area contributed by atoms with Crippen LogP contribution in [0.2, 0.25) is 0 Å². The number of rotatable bonds is 6. The molecule has 4 rings (SSSR count). The second kappa shape index (κ2) is 8.16. The molecule has 0 unspecified atom stereocenters. The number of para-hydroxylation sites is 1. The predicted molar refractivity (Wildman–Crippen MR) is 115 cm³/mol. The van der Waals surface area contributed by atoms with Gasteiger partial charge in [-0.3, -0.25) is 9.78 Å². The first-order valence-corrected chi connectivity index (χ1v) is 10.4. The number of thioether (sulfide) groups is 1. The van der Waals surface area contributed by atoms with Crippen molar-refractivity contribution in [1.82, 2.24) is 29.7 Å². The number of nitrogens with one attached hydrogen (secondary N) is 1. The fourth-order valence-electron chi connectivity index (χ4n) is 3.13. The van der Waals surface area contributed by atoms with Crippen molar-refractivity contribution in [3.8, 4) is 11.4 Å². The molecule has 0 amide bonds. The number of hydrogen-bond acceptors (Lipinski definition) is 6. The zero-order valence-corrected chi connectivity index (χ0v) is 17.3. The van der Waals surface area contributed by atoms with Gasteiger partial charge in [0, 0.05) is 24.5 Å². The summed E-state index contributed by atoms with van der Waals surface area (Å²) in [7, 11) is 0. The number of H-pyrrole nitrogens is 1. The molecular weight excluding hydrogens is 384 g/mol. The molecule has 4 aromatic rings. The van der Waals surface area contributed by atoms with Gasteiger partial charge in [0.2, 0.25) is 0 Å². The molecule has 0 spiro atoms. The van der Waals surface area contributed by atoms with Gasteiger partial charge in [0.25, 0.3) is 5.56 Å². The summed E-state index contributed by atoms with van der Waals surface area (Å²) in [5.41, 5.74) is 1.55. The highest BCUT2D eigenvalue weighted by Gasteiger charge is 2.20. The van der Waals surface area contributed by atoms with E-state index in [-0.39, 0.29) is 10.8 Å². The second-order valence-electron chi connectivity index (χ2n) is 7.27. The van der Waals surface area contributed by atoms with Crippen LogP contribution in [-0.4, -0.2) is 29.7 Å². The fraction of sp³-hybridized carbons (Fsp3) is 0.286. The van der Waals surface area contributed by atoms with Gasteiger partial charge in [0.1, 0.15) is 5.82 Å². The van der Waals surface area contributed by atoms with Crippen LogP contribution in [0.3, 0.4) is 0 Å². The van der Waals surface area contributed by atoms with Gasteiger partial charge in [0.15, 0.2) is 11.0 Å². The minimum absolute atomic E-state index is 0.0901. The van der Waals surface area contributed by atoms with Gasteiger partial charge in [-0.25, -0.2) is 4.98 Å². The van der Waals surface area contributed by atoms with Crippen molar-refractivity contribution in [3.05, 3.63) is 65.0 Å². The van der Waals surface area contributed by atoms with Gasteiger partial charge in [-0.2, -0.15) is 0 Å². The van der Waals surface area contributed by atoms with Gasteiger partial charge in [-0.15, -0.1) is 10.2 Å². The highest BCUT2D eigenvalue weighted by Crippen LogP contribution is 2.34. The van der Waals surface area contributed by atoms with Crippen molar-refractivity contribution in [3.63, 3.8) is 0 Å². The Bertz CT molecular complexity index is 1180. The van der Waals surface area contributed by atoms with Crippen LogP contribution < -0.4 is 5.56 Å². The number of aromatic amines is 1. The maximum absolute atomic E-state index is 12.4. The SMILES string of the molecule is CC(C)Cn1c(S[C@@H](C)c2nc3ccccc3c(=O)[nH]2)nnc1-c1ccncc1. The number of hydrogen-bond donors (Lipinski definition) is 1. The number of nitrogens with zero attached hydrogens (tertiary/aromatic N) is 5. The zero-order chi connectivity index (χ0) is 20.4. The van der Waals surface area contributed by atoms with Crippen LogP contribution in [0.25, 0.3) is 22.3 Å². The van der Waals surface area contributed by atoms with E-state index in [1.807, 2.05) is 37.3 Å². The predicted octanol–water partition coefficient (Wildman–Crippen LogP) is 4.09. The van der Waals surface area contributed by atoms with E-state index in [1.165, 1.54) is 11.8 Å². The summed E-state index contributed by atoms with van der Waals surface area (Å²) >= 11 is 1.54. The van der Waals surface area contributed by atoms with E-state index in [2.05, 4.69) is 43.6 Å². The Morgan fingerprint density at radius 3 is 2.59 bits per heavy atom. The lowest BCUT2D eigenvalue weighted by atomic mass is 10.2. The van der Waals surface area contributed by atoms with Gasteiger partial charge in [0.05, 0.1) is 16.2 Å². The average Bonchev–Trinajstić information content (AvgIpc) is 3.10. The van der Waals surface area contributed by atoms with E-state index in [4.69, 9.17) is 0 Å². The molecule has 0 aliphatic carbocycles. The van der Waals surface area contributed by atoms with Crippen molar-refractivity contribution in [2.24, 2.45) is 5.92 Å². The monoisotopic (exact) mass is 406 g/mol. The fourth-order valence-corrected chi connectivity index (χ4v) is 4.05. The third kappa shape index (κ3) is 4.07. The Balaban J connectivity index is 1.69. The van der Waals surface area contributed by atoms with Crippen LogP contribution >= 0.6 is 11.8 Å². The number of pyridine rings is 1. The molecule has 0 aliphatic heterocycles. The third-order valence-electron chi connectivity index (χ3n) is 4.50. The molecule has 0 bridgehead atoms. The van der Waals surface area contributed by atoms with Crippen LogP contribution in [-0.2, 0) is 6.54 Å². The van der Waals surface area contributed by atoms with E-state index in [0.29, 0.717) is 22.6 Å². The normalized spacial score (nSPS) is 12.6. The summed E-state index contributed by atoms with van der Waals surface area (Å²) in [6.45, 7) is 7.13. The van der Waals surface area contributed by atoms with E-state index < -0.39 is 0 Å². The van der Waals surface area contributed by atoms with Crippen LogP contribution in [0.1, 0.15) is 31.8 Å². The summed E-state index contributed by atoms with van der Waals surface area (Å²) in [6, 6.07) is 11.2. The summed E-state index contributed by atoms with van der Waals surface area (Å²) < 4.78 is 2.13. The summed E-state index contributed by atoms with van der Waals surface area (Å²) in [4.78, 5) is 24.1. The lowest BCUT2D eigenvalue weighted by molar-refractivity contribution is 0.497. The molecule has 0 radical (unpaired) electrons. The molecule has 7 nitrogen and oxygen atoms in total. The molecule has 148 valence electrons. The second-order valence-corrected chi connectivity index (χ2v) is 8.58. The maximum Gasteiger partial charge on any atom is 0.258 e. The Morgan fingerprint density at radius 1 is 1.07 bits per heavy atom. The highest BCUT2D eigenvalue weighted by molar-refractivity contribution is 7.99. The van der Waals surface area contributed by atoms with E-state index >= 15 is 0 Å². The molecule has 8 heteroatoms. The van der Waals surface area contributed by atoms with Crippen molar-refractivity contribution >= 4 is 22.7 Å². The van der Waals surface area contributed by atoms with Gasteiger partial charge >= 0.3 is 0 Å². The molecule has 29 heavy (non-hydrogen) atoms. The minimum Gasteiger partial charge on any atom is -0.309 e. The van der Waals surface area contributed by atoms with Crippen LogP contribution in [0.15, 0.2) is 58.7 Å². The number of fused-ring (bicyclic) bond motifs is 1. The zero-order valence-electron chi connectivity index (χ0n) is 16.5. The van der Waals surface area contributed by atoms with E-state index in [9.17, 15) is 4.79 Å². The van der Waals surface area contributed by atoms with Crippen LogP contribution in [0.4, 0.5) is 0 Å². The first-order valence-electron chi connectivity index (χ1n) is 9.52. The van der Waals surface area contributed by atoms with Crippen molar-refractivity contribution in [1.29, 1.82) is 0 Å². The van der Waals surface area contributed by atoms with E-state index in [1.54, 1.807) is 18.5 Å². The smallest absolute Gasteiger partial charge is 0.258 e. The average molecular weight is 407 g/mol. The topological polar surface area (TPSA) is 89.4 Å². The quantitative estimate of drug-likeness (QED) is 0.485. The lowest BCUT2D eigenvalue weighted by Gasteiger charge is -2.15. The molecule has 3 heterocycles. The highest BCUT2D eigenvalue weighted by atomic mass is 32.2. The van der Waals surface area contributed by atoms with Crippen molar-refractivity contribution in [2.75, 3.05) is 0 Å². The van der Waals surface area contributed by atoms with Gasteiger partial charge in [-0.1, -0.05) is 37.7 Å². The third-order valence-corrected chi connectivity index (χ3v) is 5.59. The Hall–Kier alpha value is -3.00. The Kier molecular flexibility index (Phi) is 5.44.